The molecule has 5 heteroatoms. The Kier molecular flexibility index (Phi) is 5.28. The molecule has 1 rings (SSSR count). The molecule has 0 aliphatic heterocycles. The number of anilines is 1. The van der Waals surface area contributed by atoms with Gasteiger partial charge in [0.1, 0.15) is 0 Å². The molecule has 1 atom stereocenters. The van der Waals surface area contributed by atoms with Gasteiger partial charge in [-0.25, -0.2) is 4.98 Å². The summed E-state index contributed by atoms with van der Waals surface area (Å²) in [5, 5.41) is 3.13. The summed E-state index contributed by atoms with van der Waals surface area (Å²) in [4.78, 5) is 6.52. The largest absolute Gasteiger partial charge is 0.383 e. The predicted octanol–water partition coefficient (Wildman–Crippen LogP) is 0.746. The van der Waals surface area contributed by atoms with E-state index >= 15 is 0 Å². The van der Waals surface area contributed by atoms with Crippen LogP contribution in [0.2, 0.25) is 0 Å². The first-order valence-corrected chi connectivity index (χ1v) is 5.58. The maximum atomic E-state index is 5.16. The van der Waals surface area contributed by atoms with E-state index in [1.54, 1.807) is 7.11 Å². The summed E-state index contributed by atoms with van der Waals surface area (Å²) in [6, 6.07) is 0.305. The van der Waals surface area contributed by atoms with Crippen molar-refractivity contribution in [3.05, 3.63) is 12.4 Å². The van der Waals surface area contributed by atoms with Gasteiger partial charge in [-0.2, -0.15) is 0 Å². The smallest absolute Gasteiger partial charge is 0.205 e. The van der Waals surface area contributed by atoms with E-state index < -0.39 is 0 Å². The van der Waals surface area contributed by atoms with Gasteiger partial charge in [0.05, 0.1) is 12.6 Å². The first-order valence-electron chi connectivity index (χ1n) is 5.58. The number of hydrogen-bond donors (Lipinski definition) is 1. The van der Waals surface area contributed by atoms with Crippen molar-refractivity contribution >= 4 is 5.95 Å². The highest BCUT2D eigenvalue weighted by Crippen LogP contribution is 2.16. The van der Waals surface area contributed by atoms with Crippen molar-refractivity contribution in [1.29, 1.82) is 0 Å². The van der Waals surface area contributed by atoms with E-state index in [-0.39, 0.29) is 0 Å². The van der Waals surface area contributed by atoms with Gasteiger partial charge in [0.25, 0.3) is 0 Å². The van der Waals surface area contributed by atoms with E-state index in [0.29, 0.717) is 12.6 Å². The second-order valence-corrected chi connectivity index (χ2v) is 3.96. The molecule has 0 aromatic carbocycles. The average Bonchev–Trinajstić information content (AvgIpc) is 2.75. The first-order chi connectivity index (χ1) is 7.70. The molecular formula is C11H22N4O. The monoisotopic (exact) mass is 226 g/mol. The molecule has 1 N–H and O–H groups in total. The maximum absolute atomic E-state index is 5.16. The molecule has 16 heavy (non-hydrogen) atoms. The molecule has 0 radical (unpaired) electrons. The molecule has 0 bridgehead atoms. The number of imidazole rings is 1. The molecule has 0 saturated heterocycles. The maximum Gasteiger partial charge on any atom is 0.205 e. The molecule has 0 spiro atoms. The summed E-state index contributed by atoms with van der Waals surface area (Å²) >= 11 is 0. The van der Waals surface area contributed by atoms with Crippen LogP contribution in [0.15, 0.2) is 12.4 Å². The quantitative estimate of drug-likeness (QED) is 0.745. The van der Waals surface area contributed by atoms with Crippen LogP contribution in [0.4, 0.5) is 5.95 Å². The van der Waals surface area contributed by atoms with E-state index in [4.69, 9.17) is 4.74 Å². The van der Waals surface area contributed by atoms with Gasteiger partial charge in [-0.15, -0.1) is 0 Å². The summed E-state index contributed by atoms with van der Waals surface area (Å²) < 4.78 is 7.30. The van der Waals surface area contributed by atoms with E-state index in [2.05, 4.69) is 33.7 Å². The first kappa shape index (κ1) is 13.0. The van der Waals surface area contributed by atoms with Crippen molar-refractivity contribution in [3.8, 4) is 0 Å². The molecule has 1 unspecified atom stereocenters. The van der Waals surface area contributed by atoms with Crippen LogP contribution < -0.4 is 10.2 Å². The second kappa shape index (κ2) is 6.50. The third kappa shape index (κ3) is 3.21. The Morgan fingerprint density at radius 3 is 3.00 bits per heavy atom. The fourth-order valence-corrected chi connectivity index (χ4v) is 1.65. The lowest BCUT2D eigenvalue weighted by Crippen LogP contribution is -2.30. The number of nitrogens with zero attached hydrogens (tertiary/aromatic N) is 3. The van der Waals surface area contributed by atoms with Crippen LogP contribution in [0.25, 0.3) is 0 Å². The standard InChI is InChI=1S/C11H22N4O/c1-10(9-16-4)15-8-6-13-11(15)14(3)7-5-12-2/h6,8,10,12H,5,7,9H2,1-4H3. The molecule has 92 valence electrons. The highest BCUT2D eigenvalue weighted by molar-refractivity contribution is 5.30. The minimum Gasteiger partial charge on any atom is -0.383 e. The van der Waals surface area contributed by atoms with Crippen LogP contribution in [0.1, 0.15) is 13.0 Å². The van der Waals surface area contributed by atoms with E-state index in [9.17, 15) is 0 Å². The Morgan fingerprint density at radius 1 is 1.62 bits per heavy atom. The van der Waals surface area contributed by atoms with Gasteiger partial charge in [-0.1, -0.05) is 0 Å². The second-order valence-electron chi connectivity index (χ2n) is 3.96. The lowest BCUT2D eigenvalue weighted by molar-refractivity contribution is 0.162. The van der Waals surface area contributed by atoms with Crippen molar-refractivity contribution in [2.75, 3.05) is 45.8 Å². The zero-order valence-corrected chi connectivity index (χ0v) is 10.6. The lowest BCUT2D eigenvalue weighted by atomic mass is 10.3. The van der Waals surface area contributed by atoms with Gasteiger partial charge >= 0.3 is 0 Å². The Balaban J connectivity index is 2.68. The molecule has 0 amide bonds. The van der Waals surface area contributed by atoms with Crippen molar-refractivity contribution in [1.82, 2.24) is 14.9 Å². The number of nitrogens with one attached hydrogen (secondary N) is 1. The molecule has 1 heterocycles. The van der Waals surface area contributed by atoms with Gasteiger partial charge in [-0.3, -0.25) is 0 Å². The van der Waals surface area contributed by atoms with Gasteiger partial charge in [0.2, 0.25) is 5.95 Å². The van der Waals surface area contributed by atoms with Crippen LogP contribution in [-0.4, -0.2) is 50.5 Å². The van der Waals surface area contributed by atoms with Crippen LogP contribution in [0, 0.1) is 0 Å². The number of methoxy groups -OCH3 is 1. The Hall–Kier alpha value is -1.07. The zero-order chi connectivity index (χ0) is 12.0. The van der Waals surface area contributed by atoms with Gasteiger partial charge in [-0.05, 0) is 14.0 Å². The van der Waals surface area contributed by atoms with Crippen molar-refractivity contribution in [3.63, 3.8) is 0 Å². The van der Waals surface area contributed by atoms with E-state index in [1.807, 2.05) is 19.4 Å². The summed E-state index contributed by atoms with van der Waals surface area (Å²) in [7, 11) is 5.72. The highest BCUT2D eigenvalue weighted by Gasteiger charge is 2.12. The predicted molar refractivity (Wildman–Crippen MR) is 66.0 cm³/mol. The van der Waals surface area contributed by atoms with E-state index in [1.165, 1.54) is 0 Å². The number of ether oxygens (including phenoxy) is 1. The lowest BCUT2D eigenvalue weighted by Gasteiger charge is -2.22. The topological polar surface area (TPSA) is 42.3 Å². The zero-order valence-electron chi connectivity index (χ0n) is 10.6. The average molecular weight is 226 g/mol. The minimum atomic E-state index is 0.305. The van der Waals surface area contributed by atoms with Crippen LogP contribution in [-0.2, 0) is 4.74 Å². The fourth-order valence-electron chi connectivity index (χ4n) is 1.65. The van der Waals surface area contributed by atoms with Gasteiger partial charge in [0, 0.05) is 39.6 Å². The van der Waals surface area contributed by atoms with Crippen LogP contribution in [0.5, 0.6) is 0 Å². The van der Waals surface area contributed by atoms with Crippen LogP contribution in [0.3, 0.4) is 0 Å². The molecule has 0 aliphatic rings. The van der Waals surface area contributed by atoms with E-state index in [0.717, 1.165) is 19.0 Å². The summed E-state index contributed by atoms with van der Waals surface area (Å²) in [6.07, 6.45) is 3.83. The minimum absolute atomic E-state index is 0.305. The fraction of sp³-hybridized carbons (Fsp3) is 0.727. The molecular weight excluding hydrogens is 204 g/mol. The molecule has 0 saturated carbocycles. The molecule has 5 nitrogen and oxygen atoms in total. The Bertz CT molecular complexity index is 300. The molecule has 0 fully saturated rings. The van der Waals surface area contributed by atoms with Crippen LogP contribution >= 0.6 is 0 Å². The molecule has 1 aromatic heterocycles. The Morgan fingerprint density at radius 2 is 2.38 bits per heavy atom. The number of rotatable bonds is 7. The Labute approximate surface area is 97.4 Å². The van der Waals surface area contributed by atoms with Gasteiger partial charge in [0.15, 0.2) is 0 Å². The molecule has 1 aromatic rings. The summed E-state index contributed by atoms with van der Waals surface area (Å²) in [5.41, 5.74) is 0. The summed E-state index contributed by atoms with van der Waals surface area (Å²) in [6.45, 7) is 4.71. The highest BCUT2D eigenvalue weighted by atomic mass is 16.5. The number of aromatic nitrogens is 2. The SMILES string of the molecule is CNCCN(C)c1nccn1C(C)COC. The third-order valence-corrected chi connectivity index (χ3v) is 2.57. The third-order valence-electron chi connectivity index (χ3n) is 2.57. The van der Waals surface area contributed by atoms with Crippen molar-refractivity contribution in [2.45, 2.75) is 13.0 Å². The summed E-state index contributed by atoms with van der Waals surface area (Å²) in [5.74, 6) is 0.986. The normalized spacial score (nSPS) is 12.8. The van der Waals surface area contributed by atoms with Crippen molar-refractivity contribution in [2.24, 2.45) is 0 Å². The van der Waals surface area contributed by atoms with Crippen molar-refractivity contribution < 1.29 is 4.74 Å². The number of likely N-dealkylation sites (N-methyl/N-ethyl adjacent to an activating group) is 2. The number of hydrogen-bond acceptors (Lipinski definition) is 4. The van der Waals surface area contributed by atoms with Gasteiger partial charge < -0.3 is 19.5 Å². The molecule has 0 aliphatic carbocycles.